The fraction of sp³-hybridized carbons (Fsp3) is 0.200. The van der Waals surface area contributed by atoms with Crippen LogP contribution in [0.4, 0.5) is 0 Å². The molecule has 0 saturated heterocycles. The summed E-state index contributed by atoms with van der Waals surface area (Å²) < 4.78 is 11.6. The highest BCUT2D eigenvalue weighted by Gasteiger charge is 2.19. The van der Waals surface area contributed by atoms with E-state index in [2.05, 4.69) is 9.97 Å². The third-order valence-corrected chi connectivity index (χ3v) is 3.67. The zero-order valence-electron chi connectivity index (χ0n) is 14.0. The highest BCUT2D eigenvalue weighted by Crippen LogP contribution is 2.31. The molecule has 1 aromatic heterocycles. The van der Waals surface area contributed by atoms with E-state index in [9.17, 15) is 5.11 Å². The predicted octanol–water partition coefficient (Wildman–Crippen LogP) is 3.69. The molecule has 1 atom stereocenters. The SMILES string of the molecule is C[C@@H](O)c1c(OCc2ccccc2)ncnc1OCc1ccccc1. The molecule has 0 fully saturated rings. The molecule has 0 amide bonds. The van der Waals surface area contributed by atoms with E-state index in [1.165, 1.54) is 6.33 Å². The van der Waals surface area contributed by atoms with Gasteiger partial charge in [-0.05, 0) is 18.1 Å². The third kappa shape index (κ3) is 4.55. The number of hydrogen-bond acceptors (Lipinski definition) is 5. The van der Waals surface area contributed by atoms with Crippen molar-refractivity contribution in [2.24, 2.45) is 0 Å². The molecule has 1 N–H and O–H groups in total. The van der Waals surface area contributed by atoms with Crippen LogP contribution in [0.2, 0.25) is 0 Å². The molecule has 0 aliphatic rings. The van der Waals surface area contributed by atoms with Crippen LogP contribution in [0.1, 0.15) is 29.7 Å². The van der Waals surface area contributed by atoms with Crippen molar-refractivity contribution in [2.75, 3.05) is 0 Å². The van der Waals surface area contributed by atoms with Crippen molar-refractivity contribution in [1.29, 1.82) is 0 Å². The zero-order chi connectivity index (χ0) is 17.5. The first-order valence-corrected chi connectivity index (χ1v) is 8.10. The molecule has 0 bridgehead atoms. The normalized spacial score (nSPS) is 11.8. The summed E-state index contributed by atoms with van der Waals surface area (Å²) in [5.41, 5.74) is 2.49. The molecular weight excluding hydrogens is 316 g/mol. The number of hydrogen-bond donors (Lipinski definition) is 1. The van der Waals surface area contributed by atoms with Gasteiger partial charge in [-0.25, -0.2) is 9.97 Å². The zero-order valence-corrected chi connectivity index (χ0v) is 14.0. The number of aromatic nitrogens is 2. The average molecular weight is 336 g/mol. The topological polar surface area (TPSA) is 64.5 Å². The lowest BCUT2D eigenvalue weighted by molar-refractivity contribution is 0.175. The van der Waals surface area contributed by atoms with E-state index in [-0.39, 0.29) is 0 Å². The quantitative estimate of drug-likeness (QED) is 0.713. The molecule has 3 rings (SSSR count). The largest absolute Gasteiger partial charge is 0.472 e. The van der Waals surface area contributed by atoms with Crippen molar-refractivity contribution in [1.82, 2.24) is 9.97 Å². The number of benzene rings is 2. The molecule has 0 radical (unpaired) electrons. The number of nitrogens with zero attached hydrogens (tertiary/aromatic N) is 2. The summed E-state index contributed by atoms with van der Waals surface area (Å²) in [6, 6.07) is 19.6. The second-order valence-electron chi connectivity index (χ2n) is 5.62. The summed E-state index contributed by atoms with van der Waals surface area (Å²) in [7, 11) is 0. The molecule has 0 spiro atoms. The minimum atomic E-state index is -0.808. The van der Waals surface area contributed by atoms with Crippen molar-refractivity contribution in [3.8, 4) is 11.8 Å². The Hall–Kier alpha value is -2.92. The van der Waals surface area contributed by atoms with Crippen molar-refractivity contribution in [3.63, 3.8) is 0 Å². The standard InChI is InChI=1S/C20H20N2O3/c1-15(23)18-19(24-12-16-8-4-2-5-9-16)21-14-22-20(18)25-13-17-10-6-3-7-11-17/h2-11,14-15,23H,12-13H2,1H3/t15-/m1/s1. The van der Waals surface area contributed by atoms with E-state index < -0.39 is 6.10 Å². The third-order valence-electron chi connectivity index (χ3n) is 3.67. The van der Waals surface area contributed by atoms with Gasteiger partial charge in [0.2, 0.25) is 11.8 Å². The first-order valence-electron chi connectivity index (χ1n) is 8.10. The smallest absolute Gasteiger partial charge is 0.226 e. The molecule has 3 aromatic rings. The lowest BCUT2D eigenvalue weighted by Crippen LogP contribution is -2.08. The van der Waals surface area contributed by atoms with Crippen LogP contribution in [0.15, 0.2) is 67.0 Å². The predicted molar refractivity (Wildman–Crippen MR) is 94.2 cm³/mol. The Balaban J connectivity index is 1.76. The van der Waals surface area contributed by atoms with E-state index in [1.54, 1.807) is 6.92 Å². The van der Waals surface area contributed by atoms with Gasteiger partial charge in [-0.1, -0.05) is 60.7 Å². The van der Waals surface area contributed by atoms with E-state index in [4.69, 9.17) is 9.47 Å². The molecule has 2 aromatic carbocycles. The van der Waals surface area contributed by atoms with Gasteiger partial charge in [-0.15, -0.1) is 0 Å². The highest BCUT2D eigenvalue weighted by molar-refractivity contribution is 5.36. The monoisotopic (exact) mass is 336 g/mol. The maximum absolute atomic E-state index is 10.1. The van der Waals surface area contributed by atoms with E-state index >= 15 is 0 Å². The molecule has 5 nitrogen and oxygen atoms in total. The minimum absolute atomic E-state index is 0.330. The van der Waals surface area contributed by atoms with Crippen molar-refractivity contribution in [3.05, 3.63) is 83.7 Å². The van der Waals surface area contributed by atoms with Crippen LogP contribution in [-0.2, 0) is 13.2 Å². The second-order valence-corrected chi connectivity index (χ2v) is 5.62. The van der Waals surface area contributed by atoms with Crippen LogP contribution in [0.3, 0.4) is 0 Å². The Morgan fingerprint density at radius 3 is 1.64 bits per heavy atom. The van der Waals surface area contributed by atoms with Gasteiger partial charge < -0.3 is 14.6 Å². The van der Waals surface area contributed by atoms with Gasteiger partial charge in [-0.2, -0.15) is 0 Å². The Labute approximate surface area is 146 Å². The molecule has 0 saturated carbocycles. The Morgan fingerprint density at radius 1 is 0.800 bits per heavy atom. The lowest BCUT2D eigenvalue weighted by Gasteiger charge is -2.16. The van der Waals surface area contributed by atoms with Gasteiger partial charge in [0.05, 0.1) is 6.10 Å². The van der Waals surface area contributed by atoms with Crippen LogP contribution in [0, 0.1) is 0 Å². The van der Waals surface area contributed by atoms with Gasteiger partial charge in [0.1, 0.15) is 25.1 Å². The van der Waals surface area contributed by atoms with Crippen molar-refractivity contribution >= 4 is 0 Å². The number of rotatable bonds is 7. The van der Waals surface area contributed by atoms with Crippen LogP contribution in [0.5, 0.6) is 11.8 Å². The molecule has 1 heterocycles. The summed E-state index contributed by atoms with van der Waals surface area (Å²) in [5, 5.41) is 10.1. The maximum Gasteiger partial charge on any atom is 0.226 e. The summed E-state index contributed by atoms with van der Waals surface area (Å²) in [4.78, 5) is 8.31. The van der Waals surface area contributed by atoms with Gasteiger partial charge in [0.15, 0.2) is 0 Å². The van der Waals surface area contributed by atoms with Gasteiger partial charge in [0.25, 0.3) is 0 Å². The van der Waals surface area contributed by atoms with Crippen LogP contribution >= 0.6 is 0 Å². The summed E-state index contributed by atoms with van der Waals surface area (Å²) in [6.45, 7) is 2.36. The molecule has 0 unspecified atom stereocenters. The van der Waals surface area contributed by atoms with Gasteiger partial charge in [-0.3, -0.25) is 0 Å². The fourth-order valence-corrected chi connectivity index (χ4v) is 2.40. The number of ether oxygens (including phenoxy) is 2. The van der Waals surface area contributed by atoms with Crippen molar-refractivity contribution < 1.29 is 14.6 Å². The first-order chi connectivity index (χ1) is 12.2. The second kappa shape index (κ2) is 8.26. The van der Waals surface area contributed by atoms with Crippen molar-refractivity contribution in [2.45, 2.75) is 26.2 Å². The summed E-state index contributed by atoms with van der Waals surface area (Å²) >= 11 is 0. The molecule has 0 aliphatic carbocycles. The summed E-state index contributed by atoms with van der Waals surface area (Å²) in [6.07, 6.45) is 0.574. The fourth-order valence-electron chi connectivity index (χ4n) is 2.40. The average Bonchev–Trinajstić information content (AvgIpc) is 2.66. The molecule has 0 aliphatic heterocycles. The molecule has 5 heteroatoms. The summed E-state index contributed by atoms with van der Waals surface area (Å²) in [5.74, 6) is 0.661. The minimum Gasteiger partial charge on any atom is -0.472 e. The van der Waals surface area contributed by atoms with E-state index in [0.29, 0.717) is 30.5 Å². The van der Waals surface area contributed by atoms with Gasteiger partial charge in [0, 0.05) is 0 Å². The number of aliphatic hydroxyl groups excluding tert-OH is 1. The maximum atomic E-state index is 10.1. The Morgan fingerprint density at radius 2 is 1.24 bits per heavy atom. The number of aliphatic hydroxyl groups is 1. The van der Waals surface area contributed by atoms with E-state index in [1.807, 2.05) is 60.7 Å². The molecular formula is C20H20N2O3. The van der Waals surface area contributed by atoms with Gasteiger partial charge >= 0.3 is 0 Å². The van der Waals surface area contributed by atoms with Crippen LogP contribution in [-0.4, -0.2) is 15.1 Å². The first kappa shape index (κ1) is 16.9. The van der Waals surface area contributed by atoms with Crippen LogP contribution < -0.4 is 9.47 Å². The van der Waals surface area contributed by atoms with Crippen LogP contribution in [0.25, 0.3) is 0 Å². The Bertz CT molecular complexity index is 731. The molecule has 25 heavy (non-hydrogen) atoms. The molecule has 128 valence electrons. The lowest BCUT2D eigenvalue weighted by atomic mass is 10.2. The highest BCUT2D eigenvalue weighted by atomic mass is 16.5. The Kier molecular flexibility index (Phi) is 5.59. The van der Waals surface area contributed by atoms with E-state index in [0.717, 1.165) is 11.1 Å².